The summed E-state index contributed by atoms with van der Waals surface area (Å²) in [6.07, 6.45) is 2.75. The quantitative estimate of drug-likeness (QED) is 0.847. The third-order valence-corrected chi connectivity index (χ3v) is 3.94. The Labute approximate surface area is 117 Å². The summed E-state index contributed by atoms with van der Waals surface area (Å²) in [5.41, 5.74) is 0. The van der Waals surface area contributed by atoms with Gasteiger partial charge in [-0.1, -0.05) is 6.92 Å². The minimum Gasteiger partial charge on any atom is -0.481 e. The Kier molecular flexibility index (Phi) is 4.06. The number of carboxylic acids is 1. The van der Waals surface area contributed by atoms with Gasteiger partial charge in [0.25, 0.3) is 0 Å². The Balaban J connectivity index is 2.04. The predicted octanol–water partition coefficient (Wildman–Crippen LogP) is 0.739. The summed E-state index contributed by atoms with van der Waals surface area (Å²) in [7, 11) is 1.80. The van der Waals surface area contributed by atoms with Crippen LogP contribution < -0.4 is 5.32 Å². The Morgan fingerprint density at radius 3 is 2.65 bits per heavy atom. The number of aliphatic carboxylic acids is 1. The third kappa shape index (κ3) is 2.81. The zero-order valence-electron chi connectivity index (χ0n) is 11.9. The normalized spacial score (nSPS) is 27.2. The van der Waals surface area contributed by atoms with Crippen molar-refractivity contribution in [3.63, 3.8) is 0 Å². The molecule has 20 heavy (non-hydrogen) atoms. The molecule has 0 aliphatic heterocycles. The molecule has 0 saturated heterocycles. The maximum atomic E-state index is 12.3. The molecule has 4 atom stereocenters. The Hall–Kier alpha value is -1.92. The Bertz CT molecular complexity index is 513. The van der Waals surface area contributed by atoms with Crippen LogP contribution in [0.2, 0.25) is 0 Å². The molecular formula is C13H20N4O3. The average Bonchev–Trinajstić information content (AvgIpc) is 2.95. The van der Waals surface area contributed by atoms with E-state index < -0.39 is 17.8 Å². The van der Waals surface area contributed by atoms with E-state index in [0.717, 1.165) is 0 Å². The molecule has 2 N–H and O–H groups in total. The minimum atomic E-state index is -0.888. The molecule has 1 aliphatic rings. The smallest absolute Gasteiger partial charge is 0.307 e. The SMILES string of the molecule is CC1C[C@H](C(=O)NC(C)c2nncn2C)[C@H](C(=O)O)C1. The zero-order chi connectivity index (χ0) is 14.9. The molecule has 110 valence electrons. The highest BCUT2D eigenvalue weighted by Gasteiger charge is 2.41. The van der Waals surface area contributed by atoms with Gasteiger partial charge in [-0.3, -0.25) is 9.59 Å². The maximum absolute atomic E-state index is 12.3. The van der Waals surface area contributed by atoms with Crippen LogP contribution in [0.3, 0.4) is 0 Å². The molecule has 0 aromatic carbocycles. The molecule has 1 aromatic rings. The topological polar surface area (TPSA) is 97.1 Å². The van der Waals surface area contributed by atoms with Crippen molar-refractivity contribution in [3.8, 4) is 0 Å². The number of nitrogens with one attached hydrogen (secondary N) is 1. The highest BCUT2D eigenvalue weighted by Crippen LogP contribution is 2.36. The minimum absolute atomic E-state index is 0.211. The van der Waals surface area contributed by atoms with Crippen molar-refractivity contribution in [2.24, 2.45) is 24.8 Å². The van der Waals surface area contributed by atoms with Crippen molar-refractivity contribution in [2.75, 3.05) is 0 Å². The van der Waals surface area contributed by atoms with Crippen LogP contribution in [0, 0.1) is 17.8 Å². The molecule has 1 fully saturated rings. The molecule has 2 rings (SSSR count). The van der Waals surface area contributed by atoms with E-state index in [1.165, 1.54) is 0 Å². The van der Waals surface area contributed by atoms with E-state index in [1.807, 2.05) is 13.8 Å². The molecule has 0 spiro atoms. The lowest BCUT2D eigenvalue weighted by atomic mass is 9.95. The van der Waals surface area contributed by atoms with E-state index in [4.69, 9.17) is 0 Å². The summed E-state index contributed by atoms with van der Waals surface area (Å²) in [5, 5.41) is 19.8. The lowest BCUT2D eigenvalue weighted by molar-refractivity contribution is -0.146. The fourth-order valence-corrected chi connectivity index (χ4v) is 2.92. The average molecular weight is 280 g/mol. The first-order chi connectivity index (χ1) is 9.40. The van der Waals surface area contributed by atoms with E-state index in [0.29, 0.717) is 18.7 Å². The van der Waals surface area contributed by atoms with Crippen LogP contribution in [-0.2, 0) is 16.6 Å². The molecule has 1 saturated carbocycles. The van der Waals surface area contributed by atoms with Gasteiger partial charge in [0.2, 0.25) is 5.91 Å². The van der Waals surface area contributed by atoms with E-state index in [1.54, 1.807) is 17.9 Å². The first kappa shape index (κ1) is 14.5. The second kappa shape index (κ2) is 5.60. The van der Waals surface area contributed by atoms with Crippen molar-refractivity contribution >= 4 is 11.9 Å². The molecule has 7 nitrogen and oxygen atoms in total. The van der Waals surface area contributed by atoms with Crippen molar-refractivity contribution in [1.82, 2.24) is 20.1 Å². The van der Waals surface area contributed by atoms with Crippen LogP contribution in [0.25, 0.3) is 0 Å². The number of amides is 1. The summed E-state index contributed by atoms with van der Waals surface area (Å²) >= 11 is 0. The number of hydrogen-bond acceptors (Lipinski definition) is 4. The Morgan fingerprint density at radius 2 is 2.10 bits per heavy atom. The molecule has 1 aromatic heterocycles. The van der Waals surface area contributed by atoms with E-state index in [2.05, 4.69) is 15.5 Å². The van der Waals surface area contributed by atoms with Crippen LogP contribution in [0.4, 0.5) is 0 Å². The lowest BCUT2D eigenvalue weighted by Gasteiger charge is -2.19. The van der Waals surface area contributed by atoms with Gasteiger partial charge in [-0.2, -0.15) is 0 Å². The van der Waals surface area contributed by atoms with Gasteiger partial charge in [0.15, 0.2) is 5.82 Å². The van der Waals surface area contributed by atoms with E-state index >= 15 is 0 Å². The number of carbonyl (C=O) groups excluding carboxylic acids is 1. The number of carboxylic acid groups (broad SMARTS) is 1. The number of hydrogen-bond donors (Lipinski definition) is 2. The first-order valence-corrected chi connectivity index (χ1v) is 6.77. The predicted molar refractivity (Wildman–Crippen MR) is 70.6 cm³/mol. The summed E-state index contributed by atoms with van der Waals surface area (Å²) in [6, 6.07) is -0.291. The number of nitrogens with zero attached hydrogens (tertiary/aromatic N) is 3. The second-order valence-electron chi connectivity index (χ2n) is 5.66. The van der Waals surface area contributed by atoms with Gasteiger partial charge in [-0.25, -0.2) is 0 Å². The molecular weight excluding hydrogens is 260 g/mol. The summed E-state index contributed by atoms with van der Waals surface area (Å²) < 4.78 is 1.73. The summed E-state index contributed by atoms with van der Waals surface area (Å²) in [5.74, 6) is -1.24. The third-order valence-electron chi connectivity index (χ3n) is 3.94. The molecule has 0 bridgehead atoms. The van der Waals surface area contributed by atoms with Gasteiger partial charge in [-0.15, -0.1) is 10.2 Å². The van der Waals surface area contributed by atoms with E-state index in [9.17, 15) is 14.7 Å². The summed E-state index contributed by atoms with van der Waals surface area (Å²) in [6.45, 7) is 3.80. The van der Waals surface area contributed by atoms with Crippen LogP contribution >= 0.6 is 0 Å². The largest absolute Gasteiger partial charge is 0.481 e. The van der Waals surface area contributed by atoms with Gasteiger partial charge in [0.1, 0.15) is 6.33 Å². The molecule has 2 unspecified atom stereocenters. The van der Waals surface area contributed by atoms with Gasteiger partial charge >= 0.3 is 5.97 Å². The van der Waals surface area contributed by atoms with Crippen molar-refractivity contribution in [1.29, 1.82) is 0 Å². The molecule has 7 heteroatoms. The van der Waals surface area contributed by atoms with Gasteiger partial charge in [-0.05, 0) is 25.7 Å². The standard InChI is InChI=1S/C13H20N4O3/c1-7-4-9(10(5-7)13(19)20)12(18)15-8(2)11-16-14-6-17(11)3/h6-10H,4-5H2,1-3H3,(H,15,18)(H,19,20)/t7?,8?,9-,10+/m0/s1. The number of rotatable bonds is 4. The highest BCUT2D eigenvalue weighted by molar-refractivity contribution is 5.85. The molecule has 0 radical (unpaired) electrons. The van der Waals surface area contributed by atoms with Gasteiger partial charge < -0.3 is 15.0 Å². The molecule has 1 heterocycles. The van der Waals surface area contributed by atoms with Crippen LogP contribution in [0.5, 0.6) is 0 Å². The maximum Gasteiger partial charge on any atom is 0.307 e. The number of aryl methyl sites for hydroxylation is 1. The summed E-state index contributed by atoms with van der Waals surface area (Å²) in [4.78, 5) is 23.5. The van der Waals surface area contributed by atoms with Crippen molar-refractivity contribution in [3.05, 3.63) is 12.2 Å². The zero-order valence-corrected chi connectivity index (χ0v) is 11.9. The number of carbonyl (C=O) groups is 2. The first-order valence-electron chi connectivity index (χ1n) is 6.77. The monoisotopic (exact) mass is 280 g/mol. The van der Waals surface area contributed by atoms with Crippen molar-refractivity contribution in [2.45, 2.75) is 32.7 Å². The van der Waals surface area contributed by atoms with Gasteiger partial charge in [0.05, 0.1) is 17.9 Å². The van der Waals surface area contributed by atoms with Crippen LogP contribution in [0.15, 0.2) is 6.33 Å². The van der Waals surface area contributed by atoms with Gasteiger partial charge in [0, 0.05) is 7.05 Å². The van der Waals surface area contributed by atoms with Crippen LogP contribution in [-0.4, -0.2) is 31.7 Å². The lowest BCUT2D eigenvalue weighted by Crippen LogP contribution is -2.37. The van der Waals surface area contributed by atoms with Crippen molar-refractivity contribution < 1.29 is 14.7 Å². The van der Waals surface area contributed by atoms with E-state index in [-0.39, 0.29) is 17.9 Å². The molecule has 1 aliphatic carbocycles. The van der Waals surface area contributed by atoms with Crippen LogP contribution in [0.1, 0.15) is 38.6 Å². The molecule has 1 amide bonds. The Morgan fingerprint density at radius 1 is 1.45 bits per heavy atom. The second-order valence-corrected chi connectivity index (χ2v) is 5.66. The fraction of sp³-hybridized carbons (Fsp3) is 0.692. The highest BCUT2D eigenvalue weighted by atomic mass is 16.4. The number of aromatic nitrogens is 3. The fourth-order valence-electron chi connectivity index (χ4n) is 2.92.